The van der Waals surface area contributed by atoms with Gasteiger partial charge in [-0.05, 0) is 37.4 Å². The van der Waals surface area contributed by atoms with E-state index in [1.54, 1.807) is 0 Å². The van der Waals surface area contributed by atoms with Gasteiger partial charge in [-0.25, -0.2) is 0 Å². The Labute approximate surface area is 375 Å². The first-order valence-electron chi connectivity index (χ1n) is 17.9. The maximum absolute atomic E-state index is 15.2. The first kappa shape index (κ1) is 67.4. The van der Waals surface area contributed by atoms with Crippen LogP contribution in [-0.2, 0) is 26.6 Å². The third kappa shape index (κ3) is 12.5. The normalized spacial score (nSPS) is 16.9. The molecule has 0 aromatic rings. The van der Waals surface area contributed by atoms with Crippen LogP contribution in [0.2, 0.25) is 12.1 Å². The molecule has 0 saturated carbocycles. The van der Waals surface area contributed by atoms with E-state index in [4.69, 9.17) is 0 Å². The molecule has 0 amide bonds. The molecule has 0 radical (unpaired) electrons. The third-order valence-corrected chi connectivity index (χ3v) is 16.8. The highest BCUT2D eigenvalue weighted by atomic mass is 32.2. The predicted molar refractivity (Wildman–Crippen MR) is 177 cm³/mol. The Morgan fingerprint density at radius 3 is 0.696 bits per heavy atom. The molecule has 0 spiro atoms. The molecule has 0 bridgehead atoms. The molecule has 6 nitrogen and oxygen atoms in total. The summed E-state index contributed by atoms with van der Waals surface area (Å²) in [4.78, 5) is 0. The number of rotatable bonds is 30. The minimum atomic E-state index is -9.17. The van der Waals surface area contributed by atoms with E-state index in [1.807, 2.05) is 0 Å². The molecule has 0 rings (SSSR count). The average Bonchev–Trinajstić information content (AvgIpc) is 3.19. The van der Waals surface area contributed by atoms with Gasteiger partial charge in [0.2, 0.25) is 0 Å². The molecule has 2 unspecified atom stereocenters. The lowest BCUT2D eigenvalue weighted by atomic mass is 9.83. The summed E-state index contributed by atoms with van der Waals surface area (Å²) in [6.45, 7) is 0. The summed E-state index contributed by atoms with van der Waals surface area (Å²) in [6, 6.07) is -2.93. The average molecular weight is 1150 g/mol. The van der Waals surface area contributed by atoms with Crippen LogP contribution in [0.3, 0.4) is 0 Å². The largest absolute Gasteiger partial charge is 0.500 e. The first-order valence-corrected chi connectivity index (χ1v) is 22.6. The van der Waals surface area contributed by atoms with Crippen LogP contribution in [0.15, 0.2) is 0 Å². The summed E-state index contributed by atoms with van der Waals surface area (Å²) < 4.78 is 459. The van der Waals surface area contributed by atoms with Crippen molar-refractivity contribution in [3.05, 3.63) is 0 Å². The summed E-state index contributed by atoms with van der Waals surface area (Å²) in [5.41, 5.74) is 0. The highest BCUT2D eigenvalue weighted by molar-refractivity contribution is 8.01. The molecule has 0 aliphatic carbocycles. The zero-order valence-corrected chi connectivity index (χ0v) is 37.8. The van der Waals surface area contributed by atoms with Crippen molar-refractivity contribution in [1.29, 1.82) is 0 Å². The molecule has 0 saturated heterocycles. The molecule has 69 heavy (non-hydrogen) atoms. The maximum Gasteiger partial charge on any atom is 0.500 e. The smallest absolute Gasteiger partial charge is 0.377 e. The molecular formula is C30H36F30O6SSi2. The van der Waals surface area contributed by atoms with Gasteiger partial charge in [0.15, 0.2) is 0 Å². The van der Waals surface area contributed by atoms with Gasteiger partial charge in [-0.15, -0.1) is 0 Å². The van der Waals surface area contributed by atoms with Crippen LogP contribution < -0.4 is 0 Å². The molecule has 39 heteroatoms. The third-order valence-electron chi connectivity index (χ3n) is 10.2. The summed E-state index contributed by atoms with van der Waals surface area (Å²) in [5.74, 6) is -94.2. The van der Waals surface area contributed by atoms with Gasteiger partial charge in [0.1, 0.15) is 0 Å². The van der Waals surface area contributed by atoms with Gasteiger partial charge in [-0.3, -0.25) is 0 Å². The molecule has 0 aromatic heterocycles. The minimum Gasteiger partial charge on any atom is -0.377 e. The second-order valence-corrected chi connectivity index (χ2v) is 21.8. The van der Waals surface area contributed by atoms with Crippen molar-refractivity contribution in [2.45, 2.75) is 133 Å². The van der Waals surface area contributed by atoms with Crippen LogP contribution >= 0.6 is 11.8 Å². The summed E-state index contributed by atoms with van der Waals surface area (Å²) in [5, 5.41) is -17.3. The Bertz CT molecular complexity index is 1510. The Hall–Kier alpha value is -1.56. The van der Waals surface area contributed by atoms with Gasteiger partial charge < -0.3 is 26.6 Å². The lowest BCUT2D eigenvalue weighted by molar-refractivity contribution is -0.424. The second kappa shape index (κ2) is 21.4. The summed E-state index contributed by atoms with van der Waals surface area (Å²) in [6.07, 6.45) is -26.3. The highest BCUT2D eigenvalue weighted by Crippen LogP contribution is 2.69. The van der Waals surface area contributed by atoms with Crippen molar-refractivity contribution in [1.82, 2.24) is 0 Å². The van der Waals surface area contributed by atoms with E-state index in [1.165, 1.54) is 0 Å². The van der Waals surface area contributed by atoms with E-state index >= 15 is 17.6 Å². The highest BCUT2D eigenvalue weighted by Gasteiger charge is 2.94. The van der Waals surface area contributed by atoms with E-state index in [0.717, 1.165) is 0 Å². The van der Waals surface area contributed by atoms with Crippen LogP contribution in [0.4, 0.5) is 132 Å². The monoisotopic (exact) mass is 1150 g/mol. The SMILES string of the molecule is CO[Si](CCC(CCC(F)(F)F)C(F)(F)C(F)(F)C(F)(F)C(F)(F)C(F)(F)C(F)(F)SC(F)(F)C(F)(F)C(F)(F)C(F)(F)C(F)(F)C(F)(F)C(CCC(F)(F)F)CC[Si](OC)(OC)OC)(OC)OC. The van der Waals surface area contributed by atoms with Crippen LogP contribution in [0.5, 0.6) is 0 Å². The number of alkyl halides is 30. The van der Waals surface area contributed by atoms with Crippen molar-refractivity contribution < 1.29 is 158 Å². The van der Waals surface area contributed by atoms with Crippen LogP contribution in [-0.4, -0.2) is 142 Å². The predicted octanol–water partition coefficient (Wildman–Crippen LogP) is 13.7. The van der Waals surface area contributed by atoms with Crippen molar-refractivity contribution >= 4 is 29.4 Å². The first-order chi connectivity index (χ1) is 30.2. The lowest BCUT2D eigenvalue weighted by Gasteiger charge is -2.45. The van der Waals surface area contributed by atoms with E-state index < -0.39 is 174 Å². The van der Waals surface area contributed by atoms with Gasteiger partial charge in [0, 0.05) is 79.4 Å². The summed E-state index contributed by atoms with van der Waals surface area (Å²) >= 11 is -4.67. The minimum absolute atomic E-state index is 0.593. The van der Waals surface area contributed by atoms with Crippen molar-refractivity contribution in [2.75, 3.05) is 42.7 Å². The molecule has 2 atom stereocenters. The lowest BCUT2D eigenvalue weighted by Crippen LogP contribution is -2.72. The van der Waals surface area contributed by atoms with Gasteiger partial charge in [0.25, 0.3) is 0 Å². The van der Waals surface area contributed by atoms with Crippen LogP contribution in [0.25, 0.3) is 0 Å². The van der Waals surface area contributed by atoms with Crippen molar-refractivity contribution in [3.8, 4) is 0 Å². The van der Waals surface area contributed by atoms with E-state index in [0.29, 0.717) is 42.7 Å². The molecule has 0 fully saturated rings. The number of hydrogen-bond donors (Lipinski definition) is 0. The van der Waals surface area contributed by atoms with Crippen molar-refractivity contribution in [2.24, 2.45) is 11.8 Å². The second-order valence-electron chi connectivity index (χ2n) is 14.3. The molecule has 0 aromatic carbocycles. The van der Waals surface area contributed by atoms with Gasteiger partial charge in [0.05, 0.1) is 0 Å². The van der Waals surface area contributed by atoms with Gasteiger partial charge >= 0.3 is 99.7 Å². The Morgan fingerprint density at radius 1 is 0.304 bits per heavy atom. The molecular weight excluding hydrogens is 1110 g/mol. The molecule has 0 aliphatic rings. The molecule has 416 valence electrons. The van der Waals surface area contributed by atoms with Crippen LogP contribution in [0.1, 0.15) is 38.5 Å². The molecule has 0 N–H and O–H groups in total. The van der Waals surface area contributed by atoms with E-state index in [2.05, 4.69) is 26.6 Å². The molecule has 0 aliphatic heterocycles. The van der Waals surface area contributed by atoms with E-state index in [9.17, 15) is 114 Å². The van der Waals surface area contributed by atoms with Gasteiger partial charge in [-0.1, -0.05) is 0 Å². The topological polar surface area (TPSA) is 55.4 Å². The Kier molecular flexibility index (Phi) is 20.9. The number of hydrogen-bond acceptors (Lipinski definition) is 7. The van der Waals surface area contributed by atoms with E-state index in [-0.39, 0.29) is 0 Å². The number of thioether (sulfide) groups is 1. The fourth-order valence-corrected chi connectivity index (χ4v) is 10.3. The number of halogens is 30. The zero-order chi connectivity index (χ0) is 55.8. The fraction of sp³-hybridized carbons (Fsp3) is 1.00. The maximum atomic E-state index is 15.2. The van der Waals surface area contributed by atoms with Crippen LogP contribution in [0, 0.1) is 11.8 Å². The summed E-state index contributed by atoms with van der Waals surface area (Å²) in [7, 11) is -5.49. The van der Waals surface area contributed by atoms with Gasteiger partial charge in [-0.2, -0.15) is 132 Å². The Morgan fingerprint density at radius 2 is 0.507 bits per heavy atom. The zero-order valence-electron chi connectivity index (χ0n) is 35.0. The van der Waals surface area contributed by atoms with Crippen molar-refractivity contribution in [3.63, 3.8) is 0 Å². The fourth-order valence-electron chi connectivity index (χ4n) is 5.88. The standard InChI is InChI=1S/C30H36F30O6SSi2/c1-61-68(62-2,63-3)13-9-15(7-11-17(31,32)33)19(37,38)21(41,42)23(45,46)25(49,50)27(53,54)29(57,58)67-30(59,60)28(55,56)26(51,52)24(47,48)22(43,44)20(39,40)16(8-12-18(34,35)36)10-14-69(64-4,65-5)66-6/h15-16H,7-14H2,1-6H3. The molecule has 0 heterocycles. The Balaban J connectivity index is 7.51. The quantitative estimate of drug-likeness (QED) is 0.0525.